The fourth-order valence-electron chi connectivity index (χ4n) is 2.43. The van der Waals surface area contributed by atoms with E-state index in [1.807, 2.05) is 0 Å². The minimum atomic E-state index is -0.571. The molecular weight excluding hydrogens is 218 g/mol. The highest BCUT2D eigenvalue weighted by molar-refractivity contribution is 5.02. The summed E-state index contributed by atoms with van der Waals surface area (Å²) in [5.74, 6) is 0.616. The van der Waals surface area contributed by atoms with Crippen LogP contribution in [-0.4, -0.2) is 29.9 Å². The van der Waals surface area contributed by atoms with Crippen molar-refractivity contribution in [3.05, 3.63) is 24.2 Å². The van der Waals surface area contributed by atoms with E-state index in [1.165, 1.54) is 0 Å². The van der Waals surface area contributed by atoms with Crippen molar-refractivity contribution in [3.63, 3.8) is 0 Å². The van der Waals surface area contributed by atoms with Gasteiger partial charge in [-0.25, -0.2) is 0 Å². The zero-order valence-electron chi connectivity index (χ0n) is 10.4. The number of ether oxygens (including phenoxy) is 1. The second-order valence-electron chi connectivity index (χ2n) is 4.87. The van der Waals surface area contributed by atoms with E-state index in [4.69, 9.17) is 9.15 Å². The topological polar surface area (TPSA) is 54.6 Å². The van der Waals surface area contributed by atoms with E-state index in [-0.39, 0.29) is 12.2 Å². The Morgan fingerprint density at radius 2 is 2.12 bits per heavy atom. The predicted octanol–water partition coefficient (Wildman–Crippen LogP) is 1.86. The number of aliphatic hydroxyl groups excluding tert-OH is 1. The van der Waals surface area contributed by atoms with Gasteiger partial charge in [-0.1, -0.05) is 0 Å². The van der Waals surface area contributed by atoms with Crippen molar-refractivity contribution in [3.8, 4) is 0 Å². The smallest absolute Gasteiger partial charge is 0.133 e. The van der Waals surface area contributed by atoms with Gasteiger partial charge in [-0.2, -0.15) is 0 Å². The fraction of sp³-hybridized carbons (Fsp3) is 0.692. The van der Waals surface area contributed by atoms with Crippen LogP contribution < -0.4 is 5.32 Å². The molecule has 0 aliphatic carbocycles. The summed E-state index contributed by atoms with van der Waals surface area (Å²) in [5.41, 5.74) is 0. The number of nitrogens with one attached hydrogen (secondary N) is 1. The van der Waals surface area contributed by atoms with Crippen molar-refractivity contribution in [1.82, 2.24) is 5.32 Å². The van der Waals surface area contributed by atoms with Gasteiger partial charge in [0, 0.05) is 12.6 Å². The predicted molar refractivity (Wildman–Crippen MR) is 64.7 cm³/mol. The molecular formula is C13H21NO3. The molecule has 17 heavy (non-hydrogen) atoms. The van der Waals surface area contributed by atoms with Crippen molar-refractivity contribution >= 4 is 0 Å². The lowest BCUT2D eigenvalue weighted by atomic mass is 9.99. The first-order chi connectivity index (χ1) is 8.15. The molecule has 3 atom stereocenters. The summed E-state index contributed by atoms with van der Waals surface area (Å²) in [6.45, 7) is 4.71. The van der Waals surface area contributed by atoms with Gasteiger partial charge in [-0.05, 0) is 38.8 Å². The van der Waals surface area contributed by atoms with Gasteiger partial charge >= 0.3 is 0 Å². The number of hydrogen-bond acceptors (Lipinski definition) is 4. The molecule has 2 N–H and O–H groups in total. The SMILES string of the molecule is CC1CC(NCC(O)c2ccco2)CC(C)O1. The average molecular weight is 239 g/mol. The maximum absolute atomic E-state index is 9.88. The first kappa shape index (κ1) is 12.6. The highest BCUT2D eigenvalue weighted by Gasteiger charge is 2.24. The van der Waals surface area contributed by atoms with Gasteiger partial charge in [-0.3, -0.25) is 0 Å². The standard InChI is InChI=1S/C13H21NO3/c1-9-6-11(7-10(2)17-9)14-8-12(15)13-4-3-5-16-13/h3-5,9-12,14-15H,6-8H2,1-2H3. The number of hydrogen-bond donors (Lipinski definition) is 2. The van der Waals surface area contributed by atoms with Crippen LogP contribution in [0.5, 0.6) is 0 Å². The largest absolute Gasteiger partial charge is 0.467 e. The molecule has 96 valence electrons. The minimum Gasteiger partial charge on any atom is -0.467 e. The Labute approximate surface area is 102 Å². The van der Waals surface area contributed by atoms with Crippen molar-refractivity contribution in [2.24, 2.45) is 0 Å². The summed E-state index contributed by atoms with van der Waals surface area (Å²) < 4.78 is 10.8. The minimum absolute atomic E-state index is 0.289. The molecule has 2 heterocycles. The molecule has 4 nitrogen and oxygen atoms in total. The Morgan fingerprint density at radius 3 is 2.71 bits per heavy atom. The van der Waals surface area contributed by atoms with Gasteiger partial charge in [0.25, 0.3) is 0 Å². The zero-order chi connectivity index (χ0) is 12.3. The van der Waals surface area contributed by atoms with Crippen LogP contribution in [-0.2, 0) is 4.74 Å². The van der Waals surface area contributed by atoms with Gasteiger partial charge < -0.3 is 19.6 Å². The van der Waals surface area contributed by atoms with E-state index < -0.39 is 6.10 Å². The van der Waals surface area contributed by atoms with Crippen LogP contribution in [0.15, 0.2) is 22.8 Å². The summed E-state index contributed by atoms with van der Waals surface area (Å²) in [7, 11) is 0. The molecule has 1 aromatic heterocycles. The second-order valence-corrected chi connectivity index (χ2v) is 4.87. The molecule has 4 heteroatoms. The number of rotatable bonds is 4. The lowest BCUT2D eigenvalue weighted by Crippen LogP contribution is -2.42. The third-order valence-corrected chi connectivity index (χ3v) is 3.17. The molecule has 2 rings (SSSR count). The van der Waals surface area contributed by atoms with E-state index >= 15 is 0 Å². The van der Waals surface area contributed by atoms with Gasteiger partial charge in [0.1, 0.15) is 11.9 Å². The maximum Gasteiger partial charge on any atom is 0.133 e. The fourth-order valence-corrected chi connectivity index (χ4v) is 2.43. The molecule has 3 unspecified atom stereocenters. The van der Waals surface area contributed by atoms with Crippen molar-refractivity contribution < 1.29 is 14.3 Å². The third kappa shape index (κ3) is 3.56. The molecule has 1 saturated heterocycles. The zero-order valence-corrected chi connectivity index (χ0v) is 10.4. The summed E-state index contributed by atoms with van der Waals surface area (Å²) in [4.78, 5) is 0. The van der Waals surface area contributed by atoms with Crippen molar-refractivity contribution in [1.29, 1.82) is 0 Å². The lowest BCUT2D eigenvalue weighted by Gasteiger charge is -2.33. The van der Waals surface area contributed by atoms with E-state index in [2.05, 4.69) is 19.2 Å². The molecule has 1 aliphatic heterocycles. The van der Waals surface area contributed by atoms with Crippen LogP contribution >= 0.6 is 0 Å². The van der Waals surface area contributed by atoms with E-state index in [0.717, 1.165) is 12.8 Å². The third-order valence-electron chi connectivity index (χ3n) is 3.17. The van der Waals surface area contributed by atoms with E-state index in [0.29, 0.717) is 18.3 Å². The average Bonchev–Trinajstić information content (AvgIpc) is 2.78. The van der Waals surface area contributed by atoms with Gasteiger partial charge in [0.15, 0.2) is 0 Å². The Kier molecular flexibility index (Phi) is 4.20. The molecule has 1 aromatic rings. The van der Waals surface area contributed by atoms with Crippen LogP contribution in [0.1, 0.15) is 38.6 Å². The van der Waals surface area contributed by atoms with Crippen LogP contribution in [0, 0.1) is 0 Å². The summed E-state index contributed by atoms with van der Waals surface area (Å²) in [6.07, 6.45) is 3.58. The molecule has 1 fully saturated rings. The first-order valence-electron chi connectivity index (χ1n) is 6.25. The van der Waals surface area contributed by atoms with Crippen LogP contribution in [0.2, 0.25) is 0 Å². The number of aliphatic hydroxyl groups is 1. The summed E-state index contributed by atoms with van der Waals surface area (Å²) in [5, 5.41) is 13.3. The van der Waals surface area contributed by atoms with Gasteiger partial charge in [0.2, 0.25) is 0 Å². The summed E-state index contributed by atoms with van der Waals surface area (Å²) >= 11 is 0. The Balaban J connectivity index is 1.78. The molecule has 0 saturated carbocycles. The molecule has 0 spiro atoms. The second kappa shape index (κ2) is 5.67. The number of furan rings is 1. The molecule has 1 aliphatic rings. The highest BCUT2D eigenvalue weighted by atomic mass is 16.5. The van der Waals surface area contributed by atoms with Crippen LogP contribution in [0.25, 0.3) is 0 Å². The maximum atomic E-state index is 9.88. The van der Waals surface area contributed by atoms with Gasteiger partial charge in [-0.15, -0.1) is 0 Å². The van der Waals surface area contributed by atoms with E-state index in [9.17, 15) is 5.11 Å². The molecule has 0 aromatic carbocycles. The highest BCUT2D eigenvalue weighted by Crippen LogP contribution is 2.20. The normalized spacial score (nSPS) is 31.4. The van der Waals surface area contributed by atoms with E-state index in [1.54, 1.807) is 18.4 Å². The molecule has 0 amide bonds. The Bertz CT molecular complexity index is 315. The van der Waals surface area contributed by atoms with Gasteiger partial charge in [0.05, 0.1) is 18.5 Å². The van der Waals surface area contributed by atoms with Crippen molar-refractivity contribution in [2.45, 2.75) is 51.0 Å². The first-order valence-corrected chi connectivity index (χ1v) is 6.25. The quantitative estimate of drug-likeness (QED) is 0.842. The Morgan fingerprint density at radius 1 is 1.41 bits per heavy atom. The summed E-state index contributed by atoms with van der Waals surface area (Å²) in [6, 6.07) is 4.00. The molecule has 0 radical (unpaired) electrons. The van der Waals surface area contributed by atoms with Crippen LogP contribution in [0.4, 0.5) is 0 Å². The van der Waals surface area contributed by atoms with Crippen molar-refractivity contribution in [2.75, 3.05) is 6.54 Å². The van der Waals surface area contributed by atoms with Crippen LogP contribution in [0.3, 0.4) is 0 Å². The molecule has 0 bridgehead atoms. The lowest BCUT2D eigenvalue weighted by molar-refractivity contribution is -0.0435. The Hall–Kier alpha value is -0.840. The monoisotopic (exact) mass is 239 g/mol.